The van der Waals surface area contributed by atoms with Gasteiger partial charge in [0.25, 0.3) is 5.56 Å². The lowest BCUT2D eigenvalue weighted by Crippen LogP contribution is -2.16. The van der Waals surface area contributed by atoms with Gasteiger partial charge in [-0.3, -0.25) is 9.59 Å². The summed E-state index contributed by atoms with van der Waals surface area (Å²) >= 11 is 6.93. The molecule has 5 nitrogen and oxygen atoms in total. The molecule has 1 aromatic carbocycles. The third kappa shape index (κ3) is 3.61. The SMILES string of the molecule is CC(Sc1nc(N)cc(=O)[nH]1)C(=O)c1ccc(Cl)cc1. The topological polar surface area (TPSA) is 88.8 Å². The number of nitrogen functional groups attached to an aromatic ring is 1. The number of ketones is 1. The molecule has 0 spiro atoms. The Hall–Kier alpha value is -1.79. The van der Waals surface area contributed by atoms with Gasteiger partial charge >= 0.3 is 0 Å². The van der Waals surface area contributed by atoms with E-state index in [1.165, 1.54) is 6.07 Å². The van der Waals surface area contributed by atoms with Crippen molar-refractivity contribution < 1.29 is 4.79 Å². The maximum atomic E-state index is 12.2. The summed E-state index contributed by atoms with van der Waals surface area (Å²) in [6, 6.07) is 7.84. The third-order valence-corrected chi connectivity index (χ3v) is 3.76. The summed E-state index contributed by atoms with van der Waals surface area (Å²) in [5.74, 6) is 0.0548. The number of anilines is 1. The number of nitrogens with one attached hydrogen (secondary N) is 1. The Bertz CT molecular complexity index is 685. The monoisotopic (exact) mass is 309 g/mol. The second-order valence-electron chi connectivity index (χ2n) is 4.11. The molecule has 0 saturated heterocycles. The van der Waals surface area contributed by atoms with Crippen molar-refractivity contribution in [1.29, 1.82) is 0 Å². The summed E-state index contributed by atoms with van der Waals surface area (Å²) in [5.41, 5.74) is 5.71. The highest BCUT2D eigenvalue weighted by atomic mass is 35.5. The van der Waals surface area contributed by atoms with E-state index in [2.05, 4.69) is 9.97 Å². The van der Waals surface area contributed by atoms with Crippen LogP contribution in [0.15, 0.2) is 40.3 Å². The molecule has 0 radical (unpaired) electrons. The van der Waals surface area contributed by atoms with Crippen molar-refractivity contribution in [2.24, 2.45) is 0 Å². The molecule has 1 unspecified atom stereocenters. The molecule has 1 heterocycles. The number of rotatable bonds is 4. The molecule has 0 amide bonds. The van der Waals surface area contributed by atoms with Crippen molar-refractivity contribution in [2.45, 2.75) is 17.3 Å². The van der Waals surface area contributed by atoms with Gasteiger partial charge in [0.2, 0.25) is 0 Å². The molecule has 0 fully saturated rings. The van der Waals surface area contributed by atoms with E-state index in [1.807, 2.05) is 0 Å². The molecular formula is C13H12ClN3O2S. The van der Waals surface area contributed by atoms with Crippen LogP contribution < -0.4 is 11.3 Å². The molecule has 0 aliphatic heterocycles. The van der Waals surface area contributed by atoms with Crippen LogP contribution in [0.5, 0.6) is 0 Å². The molecule has 3 N–H and O–H groups in total. The van der Waals surface area contributed by atoms with Crippen molar-refractivity contribution in [3.63, 3.8) is 0 Å². The number of halogens is 1. The second kappa shape index (κ2) is 6.11. The van der Waals surface area contributed by atoms with Crippen LogP contribution in [0.3, 0.4) is 0 Å². The van der Waals surface area contributed by atoms with Crippen LogP contribution in [0.2, 0.25) is 5.02 Å². The number of carbonyl (C=O) groups is 1. The lowest BCUT2D eigenvalue weighted by molar-refractivity contribution is 0.0994. The number of aromatic amines is 1. The fraction of sp³-hybridized carbons (Fsp3) is 0.154. The molecule has 20 heavy (non-hydrogen) atoms. The number of benzene rings is 1. The first-order chi connectivity index (χ1) is 9.45. The number of thioether (sulfide) groups is 1. The Morgan fingerprint density at radius 1 is 1.40 bits per heavy atom. The molecule has 1 aromatic heterocycles. The Balaban J connectivity index is 2.15. The van der Waals surface area contributed by atoms with Gasteiger partial charge < -0.3 is 10.7 Å². The molecule has 7 heteroatoms. The zero-order valence-corrected chi connectivity index (χ0v) is 12.2. The molecular weight excluding hydrogens is 298 g/mol. The maximum Gasteiger partial charge on any atom is 0.253 e. The number of hydrogen-bond acceptors (Lipinski definition) is 5. The maximum absolute atomic E-state index is 12.2. The standard InChI is InChI=1S/C13H12ClN3O2S/c1-7(12(19)8-2-4-9(14)5-3-8)20-13-16-10(15)6-11(18)17-13/h2-7H,1H3,(H3,15,16,17,18). The number of nitrogens with two attached hydrogens (primary N) is 1. The average molecular weight is 310 g/mol. The lowest BCUT2D eigenvalue weighted by atomic mass is 10.1. The van der Waals surface area contributed by atoms with E-state index in [0.29, 0.717) is 15.7 Å². The molecule has 0 aliphatic rings. The summed E-state index contributed by atoms with van der Waals surface area (Å²) in [4.78, 5) is 30.0. The van der Waals surface area contributed by atoms with Crippen LogP contribution in [-0.4, -0.2) is 21.0 Å². The van der Waals surface area contributed by atoms with Crippen LogP contribution in [0.4, 0.5) is 5.82 Å². The fourth-order valence-electron chi connectivity index (χ4n) is 1.58. The lowest BCUT2D eigenvalue weighted by Gasteiger charge is -2.09. The van der Waals surface area contributed by atoms with Crippen molar-refractivity contribution in [3.05, 3.63) is 51.3 Å². The van der Waals surface area contributed by atoms with Gasteiger partial charge in [0.05, 0.1) is 5.25 Å². The second-order valence-corrected chi connectivity index (χ2v) is 5.87. The van der Waals surface area contributed by atoms with Crippen molar-refractivity contribution in [1.82, 2.24) is 9.97 Å². The fourth-order valence-corrected chi connectivity index (χ4v) is 2.60. The largest absolute Gasteiger partial charge is 0.383 e. The van der Waals surface area contributed by atoms with Crippen LogP contribution in [0.1, 0.15) is 17.3 Å². The van der Waals surface area contributed by atoms with Gasteiger partial charge in [-0.15, -0.1) is 0 Å². The third-order valence-electron chi connectivity index (χ3n) is 2.53. The summed E-state index contributed by atoms with van der Waals surface area (Å²) in [7, 11) is 0. The van der Waals surface area contributed by atoms with E-state index in [9.17, 15) is 9.59 Å². The molecule has 0 saturated carbocycles. The van der Waals surface area contributed by atoms with Gasteiger partial charge in [-0.05, 0) is 31.2 Å². The van der Waals surface area contributed by atoms with E-state index in [-0.39, 0.29) is 17.2 Å². The predicted octanol–water partition coefficient (Wildman–Crippen LogP) is 2.37. The number of Topliss-reactive ketones (excluding diaryl/α,β-unsaturated/α-hetero) is 1. The number of hydrogen-bond donors (Lipinski definition) is 2. The number of carbonyl (C=O) groups excluding carboxylic acids is 1. The average Bonchev–Trinajstić information content (AvgIpc) is 2.37. The van der Waals surface area contributed by atoms with Crippen molar-refractivity contribution >= 4 is 35.0 Å². The van der Waals surface area contributed by atoms with E-state index >= 15 is 0 Å². The van der Waals surface area contributed by atoms with Gasteiger partial charge in [0.1, 0.15) is 5.82 Å². The van der Waals surface area contributed by atoms with E-state index in [1.54, 1.807) is 31.2 Å². The minimum absolute atomic E-state index is 0.0725. The Morgan fingerprint density at radius 2 is 2.05 bits per heavy atom. The van der Waals surface area contributed by atoms with Gasteiger partial charge in [-0.2, -0.15) is 0 Å². The van der Waals surface area contributed by atoms with Crippen molar-refractivity contribution in [3.8, 4) is 0 Å². The summed E-state index contributed by atoms with van der Waals surface area (Å²) in [6.07, 6.45) is 0. The van der Waals surface area contributed by atoms with Crippen LogP contribution in [0, 0.1) is 0 Å². The quantitative estimate of drug-likeness (QED) is 0.514. The number of aromatic nitrogens is 2. The predicted molar refractivity (Wildman–Crippen MR) is 80.4 cm³/mol. The highest BCUT2D eigenvalue weighted by Crippen LogP contribution is 2.22. The number of H-pyrrole nitrogens is 1. The van der Waals surface area contributed by atoms with E-state index < -0.39 is 5.25 Å². The molecule has 0 bridgehead atoms. The van der Waals surface area contributed by atoms with E-state index in [0.717, 1.165) is 11.8 Å². The van der Waals surface area contributed by atoms with E-state index in [4.69, 9.17) is 17.3 Å². The highest BCUT2D eigenvalue weighted by Gasteiger charge is 2.17. The Morgan fingerprint density at radius 3 is 2.65 bits per heavy atom. The number of nitrogens with zero attached hydrogens (tertiary/aromatic N) is 1. The zero-order valence-electron chi connectivity index (χ0n) is 10.6. The first-order valence-electron chi connectivity index (χ1n) is 5.79. The van der Waals surface area contributed by atoms with Gasteiger partial charge in [0.15, 0.2) is 10.9 Å². The van der Waals surface area contributed by atoms with Crippen LogP contribution in [-0.2, 0) is 0 Å². The van der Waals surface area contributed by atoms with Gasteiger partial charge in [-0.1, -0.05) is 23.4 Å². The van der Waals surface area contributed by atoms with Gasteiger partial charge in [-0.25, -0.2) is 4.98 Å². The van der Waals surface area contributed by atoms with Crippen LogP contribution in [0.25, 0.3) is 0 Å². The summed E-state index contributed by atoms with van der Waals surface area (Å²) in [5, 5.41) is 0.495. The minimum atomic E-state index is -0.402. The smallest absolute Gasteiger partial charge is 0.253 e. The van der Waals surface area contributed by atoms with Gasteiger partial charge in [0, 0.05) is 16.7 Å². The molecule has 1 atom stereocenters. The first kappa shape index (κ1) is 14.6. The molecule has 104 valence electrons. The molecule has 2 rings (SSSR count). The summed E-state index contributed by atoms with van der Waals surface area (Å²) in [6.45, 7) is 1.74. The van der Waals surface area contributed by atoms with Crippen LogP contribution >= 0.6 is 23.4 Å². The Kier molecular flexibility index (Phi) is 4.46. The van der Waals surface area contributed by atoms with Crippen molar-refractivity contribution in [2.75, 3.05) is 5.73 Å². The Labute approximate surface area is 124 Å². The molecule has 2 aromatic rings. The zero-order chi connectivity index (χ0) is 14.7. The first-order valence-corrected chi connectivity index (χ1v) is 7.05. The molecule has 0 aliphatic carbocycles. The summed E-state index contributed by atoms with van der Waals surface area (Å²) < 4.78 is 0. The highest BCUT2D eigenvalue weighted by molar-refractivity contribution is 8.00. The minimum Gasteiger partial charge on any atom is -0.383 e. The normalized spacial score (nSPS) is 12.1.